The van der Waals surface area contributed by atoms with Crippen molar-refractivity contribution < 1.29 is 9.59 Å². The lowest BCUT2D eigenvalue weighted by Gasteiger charge is -2.15. The molecule has 0 spiro atoms. The minimum atomic E-state index is -0.354. The van der Waals surface area contributed by atoms with Crippen molar-refractivity contribution in [1.82, 2.24) is 10.2 Å². The molecule has 0 aromatic carbocycles. The maximum atomic E-state index is 11.7. The van der Waals surface area contributed by atoms with Crippen molar-refractivity contribution in [2.75, 3.05) is 19.6 Å². The number of hydrogen-bond donors (Lipinski definition) is 2. The van der Waals surface area contributed by atoms with E-state index in [0.717, 1.165) is 25.9 Å². The van der Waals surface area contributed by atoms with Crippen LogP contribution >= 0.6 is 0 Å². The van der Waals surface area contributed by atoms with E-state index in [1.807, 2.05) is 0 Å². The summed E-state index contributed by atoms with van der Waals surface area (Å²) in [6.07, 6.45) is 2.11. The van der Waals surface area contributed by atoms with Gasteiger partial charge in [-0.3, -0.25) is 9.59 Å². The lowest BCUT2D eigenvalue weighted by Crippen LogP contribution is -2.39. The van der Waals surface area contributed by atoms with Crippen LogP contribution in [0, 0.1) is 0 Å². The molecule has 0 aliphatic carbocycles. The summed E-state index contributed by atoms with van der Waals surface area (Å²) in [5, 5.41) is 3.19. The largest absolute Gasteiger partial charge is 0.370 e. The van der Waals surface area contributed by atoms with Crippen molar-refractivity contribution in [2.45, 2.75) is 32.2 Å². The summed E-state index contributed by atoms with van der Waals surface area (Å²) in [7, 11) is 0. The molecule has 1 aliphatic rings. The van der Waals surface area contributed by atoms with Crippen LogP contribution in [0.1, 0.15) is 26.2 Å². The highest BCUT2D eigenvalue weighted by Crippen LogP contribution is 2.11. The average Bonchev–Trinajstić information content (AvgIpc) is 2.54. The second kappa shape index (κ2) is 5.70. The molecule has 3 N–H and O–H groups in total. The molecule has 2 amide bonds. The first-order valence-electron chi connectivity index (χ1n) is 5.45. The van der Waals surface area contributed by atoms with Crippen LogP contribution in [0.2, 0.25) is 0 Å². The smallest absolute Gasteiger partial charge is 0.239 e. The Morgan fingerprint density at radius 1 is 1.67 bits per heavy atom. The first-order chi connectivity index (χ1) is 7.15. The average molecular weight is 213 g/mol. The predicted octanol–water partition coefficient (Wildman–Crippen LogP) is -0.538. The molecule has 0 saturated carbocycles. The normalized spacial score (nSPS) is 21.0. The van der Waals surface area contributed by atoms with Crippen molar-refractivity contribution in [2.24, 2.45) is 5.73 Å². The molecule has 0 aromatic heterocycles. The monoisotopic (exact) mass is 213 g/mol. The number of nitrogens with two attached hydrogens (primary N) is 1. The zero-order chi connectivity index (χ0) is 11.3. The van der Waals surface area contributed by atoms with Crippen LogP contribution in [0.25, 0.3) is 0 Å². The number of nitrogens with one attached hydrogen (secondary N) is 1. The number of carbonyl (C=O) groups excluding carboxylic acids is 2. The number of hydrogen-bond acceptors (Lipinski definition) is 3. The van der Waals surface area contributed by atoms with Gasteiger partial charge in [-0.15, -0.1) is 0 Å². The maximum absolute atomic E-state index is 11.7. The van der Waals surface area contributed by atoms with E-state index in [4.69, 9.17) is 5.73 Å². The molecule has 0 aromatic rings. The molecule has 1 fully saturated rings. The van der Waals surface area contributed by atoms with Gasteiger partial charge in [-0.2, -0.15) is 0 Å². The lowest BCUT2D eigenvalue weighted by atomic mass is 10.2. The zero-order valence-corrected chi connectivity index (χ0v) is 9.16. The van der Waals surface area contributed by atoms with Crippen LogP contribution in [0.15, 0.2) is 0 Å². The Kier molecular flexibility index (Phi) is 4.55. The van der Waals surface area contributed by atoms with Crippen LogP contribution < -0.4 is 11.1 Å². The number of primary amides is 1. The Labute approximate surface area is 90.0 Å². The molecular formula is C10H19N3O2. The van der Waals surface area contributed by atoms with Crippen LogP contribution in [-0.2, 0) is 9.59 Å². The highest BCUT2D eigenvalue weighted by atomic mass is 16.2. The summed E-state index contributed by atoms with van der Waals surface area (Å²) in [6, 6.07) is -0.0576. The summed E-state index contributed by atoms with van der Waals surface area (Å²) >= 11 is 0. The van der Waals surface area contributed by atoms with Gasteiger partial charge in [-0.25, -0.2) is 0 Å². The third-order valence-electron chi connectivity index (χ3n) is 2.57. The second-order valence-electron chi connectivity index (χ2n) is 3.84. The van der Waals surface area contributed by atoms with Crippen LogP contribution in [0.3, 0.4) is 0 Å². The molecule has 0 radical (unpaired) electrons. The third-order valence-corrected chi connectivity index (χ3v) is 2.57. The second-order valence-corrected chi connectivity index (χ2v) is 3.84. The Morgan fingerprint density at radius 2 is 2.40 bits per heavy atom. The Bertz CT molecular complexity index is 243. The fourth-order valence-electron chi connectivity index (χ4n) is 1.71. The molecule has 1 rings (SSSR count). The van der Waals surface area contributed by atoms with Crippen molar-refractivity contribution in [3.8, 4) is 0 Å². The van der Waals surface area contributed by atoms with Gasteiger partial charge in [0.2, 0.25) is 11.8 Å². The van der Waals surface area contributed by atoms with Gasteiger partial charge < -0.3 is 16.0 Å². The van der Waals surface area contributed by atoms with Crippen molar-refractivity contribution in [1.29, 1.82) is 0 Å². The van der Waals surface area contributed by atoms with E-state index in [2.05, 4.69) is 12.2 Å². The molecule has 1 atom stereocenters. The van der Waals surface area contributed by atoms with Gasteiger partial charge >= 0.3 is 0 Å². The number of carbonyl (C=O) groups is 2. The van der Waals surface area contributed by atoms with E-state index >= 15 is 0 Å². The number of rotatable bonds is 6. The highest BCUT2D eigenvalue weighted by molar-refractivity contribution is 5.84. The van der Waals surface area contributed by atoms with Crippen molar-refractivity contribution in [3.05, 3.63) is 0 Å². The van der Waals surface area contributed by atoms with Gasteiger partial charge in [-0.05, 0) is 19.4 Å². The van der Waals surface area contributed by atoms with E-state index in [-0.39, 0.29) is 24.3 Å². The molecule has 5 heteroatoms. The molecule has 5 nitrogen and oxygen atoms in total. The SMILES string of the molecule is CCCNC1CCN(CCC(N)=O)C1=O. The molecule has 1 aliphatic heterocycles. The summed E-state index contributed by atoms with van der Waals surface area (Å²) < 4.78 is 0. The topological polar surface area (TPSA) is 75.4 Å². The number of nitrogens with zero attached hydrogens (tertiary/aromatic N) is 1. The molecule has 15 heavy (non-hydrogen) atoms. The van der Waals surface area contributed by atoms with Crippen molar-refractivity contribution in [3.63, 3.8) is 0 Å². The predicted molar refractivity (Wildman–Crippen MR) is 57.1 cm³/mol. The zero-order valence-electron chi connectivity index (χ0n) is 9.16. The molecule has 1 heterocycles. The van der Waals surface area contributed by atoms with Crippen molar-refractivity contribution >= 4 is 11.8 Å². The third kappa shape index (κ3) is 3.51. The first-order valence-corrected chi connectivity index (χ1v) is 5.45. The summed E-state index contributed by atoms with van der Waals surface area (Å²) in [4.78, 5) is 24.0. The summed E-state index contributed by atoms with van der Waals surface area (Å²) in [6.45, 7) is 4.11. The molecule has 0 bridgehead atoms. The summed E-state index contributed by atoms with van der Waals surface area (Å²) in [5.41, 5.74) is 5.04. The highest BCUT2D eigenvalue weighted by Gasteiger charge is 2.30. The number of amides is 2. The minimum absolute atomic E-state index is 0.0576. The Hall–Kier alpha value is -1.10. The Morgan fingerprint density at radius 3 is 3.00 bits per heavy atom. The van der Waals surface area contributed by atoms with Gasteiger partial charge in [0.15, 0.2) is 0 Å². The van der Waals surface area contributed by atoms with Crippen LogP contribution in [0.5, 0.6) is 0 Å². The van der Waals surface area contributed by atoms with Crippen LogP contribution in [0.4, 0.5) is 0 Å². The van der Waals surface area contributed by atoms with E-state index in [0.29, 0.717) is 6.54 Å². The van der Waals surface area contributed by atoms with Gasteiger partial charge in [0, 0.05) is 19.5 Å². The van der Waals surface area contributed by atoms with Gasteiger partial charge in [-0.1, -0.05) is 6.92 Å². The Balaban J connectivity index is 2.32. The quantitative estimate of drug-likeness (QED) is 0.622. The minimum Gasteiger partial charge on any atom is -0.370 e. The maximum Gasteiger partial charge on any atom is 0.239 e. The fourth-order valence-corrected chi connectivity index (χ4v) is 1.71. The molecule has 86 valence electrons. The van der Waals surface area contributed by atoms with Crippen LogP contribution in [-0.4, -0.2) is 42.4 Å². The number of likely N-dealkylation sites (tertiary alicyclic amines) is 1. The van der Waals surface area contributed by atoms with E-state index < -0.39 is 0 Å². The standard InChI is InChI=1S/C10H19N3O2/c1-2-5-12-8-3-6-13(10(8)15)7-4-9(11)14/h8,12H,2-7H2,1H3,(H2,11,14). The molecule has 1 unspecified atom stereocenters. The lowest BCUT2D eigenvalue weighted by molar-refractivity contribution is -0.129. The molecular weight excluding hydrogens is 194 g/mol. The van der Waals surface area contributed by atoms with E-state index in [1.54, 1.807) is 4.90 Å². The van der Waals surface area contributed by atoms with E-state index in [9.17, 15) is 9.59 Å². The van der Waals surface area contributed by atoms with Gasteiger partial charge in [0.25, 0.3) is 0 Å². The molecule has 1 saturated heterocycles. The fraction of sp³-hybridized carbons (Fsp3) is 0.800. The van der Waals surface area contributed by atoms with E-state index in [1.165, 1.54) is 0 Å². The van der Waals surface area contributed by atoms with Gasteiger partial charge in [0.1, 0.15) is 0 Å². The van der Waals surface area contributed by atoms with Gasteiger partial charge in [0.05, 0.1) is 6.04 Å². The summed E-state index contributed by atoms with van der Waals surface area (Å²) in [5.74, 6) is -0.252. The first kappa shape index (κ1) is 12.0.